The summed E-state index contributed by atoms with van der Waals surface area (Å²) in [7, 11) is 0. The molecule has 146 valence electrons. The Labute approximate surface area is 170 Å². The van der Waals surface area contributed by atoms with Crippen LogP contribution in [0.4, 0.5) is 5.13 Å². The van der Waals surface area contributed by atoms with E-state index in [2.05, 4.69) is 11.6 Å². The first-order chi connectivity index (χ1) is 14.1. The Morgan fingerprint density at radius 2 is 2.24 bits per heavy atom. The number of ether oxygens (including phenoxy) is 1. The van der Waals surface area contributed by atoms with Crippen LogP contribution in [0.5, 0.6) is 5.75 Å². The van der Waals surface area contributed by atoms with Crippen molar-refractivity contribution in [3.05, 3.63) is 89.5 Å². The lowest BCUT2D eigenvalue weighted by Crippen LogP contribution is -2.30. The molecular formula is C21H16N2O5S. The molecule has 0 fully saturated rings. The quantitative estimate of drug-likeness (QED) is 0.468. The molecule has 1 aliphatic rings. The molecule has 3 heterocycles. The fourth-order valence-corrected chi connectivity index (χ4v) is 3.82. The van der Waals surface area contributed by atoms with E-state index in [4.69, 9.17) is 9.15 Å². The maximum Gasteiger partial charge on any atom is 0.296 e. The van der Waals surface area contributed by atoms with E-state index in [9.17, 15) is 14.7 Å². The minimum Gasteiger partial charge on any atom is -0.503 e. The van der Waals surface area contributed by atoms with E-state index < -0.39 is 23.5 Å². The molecule has 0 saturated heterocycles. The zero-order valence-corrected chi connectivity index (χ0v) is 16.0. The van der Waals surface area contributed by atoms with Crippen LogP contribution in [0.3, 0.4) is 0 Å². The summed E-state index contributed by atoms with van der Waals surface area (Å²) in [5, 5.41) is 12.7. The van der Waals surface area contributed by atoms with Gasteiger partial charge in [0.25, 0.3) is 5.91 Å². The molecule has 7 nitrogen and oxygen atoms in total. The molecule has 1 atom stereocenters. The number of nitrogens with zero attached hydrogens (tertiary/aromatic N) is 2. The lowest BCUT2D eigenvalue weighted by Gasteiger charge is -2.24. The van der Waals surface area contributed by atoms with Gasteiger partial charge in [-0.3, -0.25) is 14.5 Å². The number of aliphatic hydroxyl groups excluding tert-OH is 1. The van der Waals surface area contributed by atoms with Crippen LogP contribution in [0.25, 0.3) is 0 Å². The summed E-state index contributed by atoms with van der Waals surface area (Å²) in [6.07, 6.45) is 4.53. The van der Waals surface area contributed by atoms with Crippen molar-refractivity contribution in [1.82, 2.24) is 4.98 Å². The third-order valence-corrected chi connectivity index (χ3v) is 5.14. The number of Topliss-reactive ketones (excluding diaryl/α,β-unsaturated/α-hetero) is 1. The van der Waals surface area contributed by atoms with Gasteiger partial charge in [-0.2, -0.15) is 0 Å². The monoisotopic (exact) mass is 408 g/mol. The number of anilines is 1. The summed E-state index contributed by atoms with van der Waals surface area (Å²) in [5.41, 5.74) is 0.523. The number of hydrogen-bond acceptors (Lipinski definition) is 7. The van der Waals surface area contributed by atoms with E-state index in [-0.39, 0.29) is 11.3 Å². The van der Waals surface area contributed by atoms with Crippen LogP contribution in [-0.2, 0) is 4.79 Å². The summed E-state index contributed by atoms with van der Waals surface area (Å²) in [6.45, 7) is 3.93. The lowest BCUT2D eigenvalue weighted by atomic mass is 9.95. The number of ketones is 1. The topological polar surface area (TPSA) is 92.9 Å². The maximum atomic E-state index is 13.1. The second kappa shape index (κ2) is 7.76. The molecular weight excluding hydrogens is 392 g/mol. The second-order valence-corrected chi connectivity index (χ2v) is 7.01. The number of benzene rings is 1. The molecule has 3 aromatic rings. The average Bonchev–Trinajstić information content (AvgIpc) is 3.48. The van der Waals surface area contributed by atoms with E-state index >= 15 is 0 Å². The van der Waals surface area contributed by atoms with Gasteiger partial charge >= 0.3 is 0 Å². The van der Waals surface area contributed by atoms with Crippen molar-refractivity contribution in [2.75, 3.05) is 11.5 Å². The number of rotatable bonds is 7. The van der Waals surface area contributed by atoms with Gasteiger partial charge in [-0.1, -0.05) is 24.8 Å². The van der Waals surface area contributed by atoms with Gasteiger partial charge < -0.3 is 14.3 Å². The summed E-state index contributed by atoms with van der Waals surface area (Å²) in [4.78, 5) is 31.5. The standard InChI is InChI=1S/C21H16N2O5S/c1-2-9-27-14-6-3-5-13(12-14)17-16(18(24)15-7-4-10-28-15)19(25)20(26)23(17)21-22-8-11-29-21/h2-8,10-12,17,25H,1,9H2. The number of carbonyl (C=O) groups is 2. The van der Waals surface area contributed by atoms with Crippen LogP contribution in [0, 0.1) is 0 Å². The molecule has 1 N–H and O–H groups in total. The highest BCUT2D eigenvalue weighted by Crippen LogP contribution is 2.43. The van der Waals surface area contributed by atoms with Gasteiger partial charge in [-0.25, -0.2) is 4.98 Å². The minimum atomic E-state index is -0.876. The minimum absolute atomic E-state index is 0.0319. The molecule has 1 unspecified atom stereocenters. The van der Waals surface area contributed by atoms with E-state index in [1.165, 1.54) is 28.6 Å². The molecule has 4 rings (SSSR count). The van der Waals surface area contributed by atoms with E-state index in [1.54, 1.807) is 48.0 Å². The third kappa shape index (κ3) is 3.34. The smallest absolute Gasteiger partial charge is 0.296 e. The van der Waals surface area contributed by atoms with Gasteiger partial charge in [0.15, 0.2) is 16.7 Å². The van der Waals surface area contributed by atoms with Crippen molar-refractivity contribution in [2.45, 2.75) is 6.04 Å². The number of carbonyl (C=O) groups excluding carboxylic acids is 2. The first-order valence-corrected chi connectivity index (χ1v) is 9.58. The molecule has 0 bridgehead atoms. The number of hydrogen-bond donors (Lipinski definition) is 1. The molecule has 0 aliphatic carbocycles. The largest absolute Gasteiger partial charge is 0.503 e. The van der Waals surface area contributed by atoms with Gasteiger partial charge in [-0.15, -0.1) is 11.3 Å². The van der Waals surface area contributed by atoms with Crippen molar-refractivity contribution in [3.63, 3.8) is 0 Å². The Morgan fingerprint density at radius 3 is 2.93 bits per heavy atom. The van der Waals surface area contributed by atoms with Crippen molar-refractivity contribution < 1.29 is 23.8 Å². The Balaban J connectivity index is 1.84. The number of aliphatic hydroxyl groups is 1. The summed E-state index contributed by atoms with van der Waals surface area (Å²) >= 11 is 1.23. The van der Waals surface area contributed by atoms with Crippen molar-refractivity contribution >= 4 is 28.2 Å². The number of furan rings is 1. The Kier molecular flexibility index (Phi) is 5.01. The second-order valence-electron chi connectivity index (χ2n) is 6.13. The molecule has 2 aromatic heterocycles. The molecule has 29 heavy (non-hydrogen) atoms. The normalized spacial score (nSPS) is 16.3. The Morgan fingerprint density at radius 1 is 1.38 bits per heavy atom. The van der Waals surface area contributed by atoms with Crippen molar-refractivity contribution in [1.29, 1.82) is 0 Å². The number of amides is 1. The van der Waals surface area contributed by atoms with E-state index in [0.717, 1.165) is 0 Å². The highest BCUT2D eigenvalue weighted by Gasteiger charge is 2.46. The van der Waals surface area contributed by atoms with Crippen molar-refractivity contribution in [3.8, 4) is 5.75 Å². The molecule has 1 amide bonds. The molecule has 1 aromatic carbocycles. The van der Waals surface area contributed by atoms with Crippen LogP contribution < -0.4 is 9.64 Å². The van der Waals surface area contributed by atoms with E-state index in [1.807, 2.05) is 0 Å². The predicted molar refractivity (Wildman–Crippen MR) is 107 cm³/mol. The van der Waals surface area contributed by atoms with Crippen LogP contribution in [0.15, 0.2) is 82.6 Å². The number of thiazole rings is 1. The van der Waals surface area contributed by atoms with Gasteiger partial charge in [0.05, 0.1) is 17.9 Å². The molecule has 0 radical (unpaired) electrons. The SMILES string of the molecule is C=CCOc1cccc(C2C(C(=O)c3ccco3)=C(O)C(=O)N2c2nccs2)c1. The van der Waals surface area contributed by atoms with Gasteiger partial charge in [0.1, 0.15) is 12.4 Å². The predicted octanol–water partition coefficient (Wildman–Crippen LogP) is 4.08. The van der Waals surface area contributed by atoms with Gasteiger partial charge in [-0.05, 0) is 29.8 Å². The fourth-order valence-electron chi connectivity index (χ4n) is 3.15. The van der Waals surface area contributed by atoms with Gasteiger partial charge in [0.2, 0.25) is 5.78 Å². The Hall–Kier alpha value is -3.65. The zero-order valence-electron chi connectivity index (χ0n) is 15.1. The fraction of sp³-hybridized carbons (Fsp3) is 0.0952. The zero-order chi connectivity index (χ0) is 20.4. The summed E-state index contributed by atoms with van der Waals surface area (Å²) in [6, 6.07) is 9.17. The van der Waals surface area contributed by atoms with Gasteiger partial charge in [0, 0.05) is 11.6 Å². The summed E-state index contributed by atoms with van der Waals surface area (Å²) in [5.74, 6) is -1.31. The van der Waals surface area contributed by atoms with Crippen molar-refractivity contribution in [2.24, 2.45) is 0 Å². The van der Waals surface area contributed by atoms with E-state index in [0.29, 0.717) is 23.1 Å². The van der Waals surface area contributed by atoms with Crippen LogP contribution in [0.2, 0.25) is 0 Å². The lowest BCUT2D eigenvalue weighted by molar-refractivity contribution is -0.117. The summed E-state index contributed by atoms with van der Waals surface area (Å²) < 4.78 is 10.8. The molecule has 0 spiro atoms. The Bertz CT molecular complexity index is 1090. The van der Waals surface area contributed by atoms with Crippen LogP contribution in [0.1, 0.15) is 22.2 Å². The maximum absolute atomic E-state index is 13.1. The average molecular weight is 408 g/mol. The van der Waals surface area contributed by atoms with Crippen LogP contribution >= 0.6 is 11.3 Å². The highest BCUT2D eigenvalue weighted by molar-refractivity contribution is 7.13. The third-order valence-electron chi connectivity index (χ3n) is 4.36. The van der Waals surface area contributed by atoms with Crippen LogP contribution in [-0.4, -0.2) is 28.4 Å². The molecule has 1 aliphatic heterocycles. The first kappa shape index (κ1) is 18.7. The number of aromatic nitrogens is 1. The first-order valence-electron chi connectivity index (χ1n) is 8.70. The molecule has 0 saturated carbocycles. The molecule has 8 heteroatoms. The highest BCUT2D eigenvalue weighted by atomic mass is 32.1.